The number of carbonyl (C=O) groups is 1. The summed E-state index contributed by atoms with van der Waals surface area (Å²) < 4.78 is 1.77. The minimum Gasteiger partial charge on any atom is -0.390 e. The Morgan fingerprint density at radius 3 is 2.81 bits per heavy atom. The Bertz CT molecular complexity index is 1090. The molecule has 4 N–H and O–H groups in total. The van der Waals surface area contributed by atoms with Crippen LogP contribution in [0.25, 0.3) is 11.2 Å². The summed E-state index contributed by atoms with van der Waals surface area (Å²) >= 11 is 7.92. The number of halogens is 1. The number of rotatable bonds is 8. The molecule has 5 atom stereocenters. The van der Waals surface area contributed by atoms with Gasteiger partial charge in [0.05, 0.1) is 35.1 Å². The number of aromatic nitrogens is 3. The molecule has 1 amide bonds. The van der Waals surface area contributed by atoms with Crippen LogP contribution in [0, 0.1) is 5.92 Å². The Morgan fingerprint density at radius 1 is 1.31 bits per heavy atom. The van der Waals surface area contributed by atoms with Crippen LogP contribution in [0.3, 0.4) is 0 Å². The fraction of sp³-hybridized carbons (Fsp3) is 0.500. The SMILES string of the molecule is CCNC(=O)[C@H]1C[C@H](n2cnc3c(NC(CC)Cc4sccc4Cl)ccnc32)[C@H](O)[C@@H]1O. The molecule has 8 nitrogen and oxygen atoms in total. The first-order valence-electron chi connectivity index (χ1n) is 10.9. The summed E-state index contributed by atoms with van der Waals surface area (Å²) in [6, 6.07) is 3.48. The van der Waals surface area contributed by atoms with Gasteiger partial charge in [-0.15, -0.1) is 11.3 Å². The average Bonchev–Trinajstić information content (AvgIpc) is 3.47. The molecule has 32 heavy (non-hydrogen) atoms. The summed E-state index contributed by atoms with van der Waals surface area (Å²) in [6.45, 7) is 4.42. The van der Waals surface area contributed by atoms with E-state index in [1.165, 1.54) is 0 Å². The first-order chi connectivity index (χ1) is 15.4. The summed E-state index contributed by atoms with van der Waals surface area (Å²) in [6.07, 6.45) is 3.13. The third kappa shape index (κ3) is 4.34. The maximum absolute atomic E-state index is 12.3. The summed E-state index contributed by atoms with van der Waals surface area (Å²) in [4.78, 5) is 22.5. The lowest BCUT2D eigenvalue weighted by atomic mass is 10.0. The number of anilines is 1. The lowest BCUT2D eigenvalue weighted by Gasteiger charge is -2.19. The zero-order valence-electron chi connectivity index (χ0n) is 18.0. The second-order valence-electron chi connectivity index (χ2n) is 8.11. The molecule has 1 unspecified atom stereocenters. The molecule has 3 heterocycles. The number of fused-ring (bicyclic) bond motifs is 1. The predicted molar refractivity (Wildman–Crippen MR) is 126 cm³/mol. The predicted octanol–water partition coefficient (Wildman–Crippen LogP) is 3.00. The molecule has 0 radical (unpaired) electrons. The third-order valence-corrected chi connectivity index (χ3v) is 7.54. The van der Waals surface area contributed by atoms with Crippen molar-refractivity contribution in [3.8, 4) is 0 Å². The number of nitrogens with one attached hydrogen (secondary N) is 2. The first kappa shape index (κ1) is 23.0. The summed E-state index contributed by atoms with van der Waals surface area (Å²) in [5.74, 6) is -0.923. The van der Waals surface area contributed by atoms with Crippen LogP contribution in [0.15, 0.2) is 30.0 Å². The number of thiophene rings is 1. The van der Waals surface area contributed by atoms with Crippen LogP contribution in [-0.4, -0.2) is 55.4 Å². The summed E-state index contributed by atoms with van der Waals surface area (Å²) in [7, 11) is 0. The molecule has 3 aromatic heterocycles. The van der Waals surface area contributed by atoms with Crippen molar-refractivity contribution >= 4 is 45.7 Å². The molecule has 0 saturated heterocycles. The van der Waals surface area contributed by atoms with Crippen LogP contribution < -0.4 is 10.6 Å². The fourth-order valence-corrected chi connectivity index (χ4v) is 5.55. The normalized spacial score (nSPS) is 24.0. The van der Waals surface area contributed by atoms with Crippen LogP contribution in [0.4, 0.5) is 5.69 Å². The largest absolute Gasteiger partial charge is 0.390 e. The molecule has 1 aliphatic rings. The lowest BCUT2D eigenvalue weighted by molar-refractivity contribution is -0.128. The molecule has 1 saturated carbocycles. The van der Waals surface area contributed by atoms with E-state index in [2.05, 4.69) is 27.5 Å². The van der Waals surface area contributed by atoms with E-state index in [1.54, 1.807) is 28.4 Å². The van der Waals surface area contributed by atoms with Gasteiger partial charge in [-0.2, -0.15) is 0 Å². The van der Waals surface area contributed by atoms with Gasteiger partial charge in [0.25, 0.3) is 0 Å². The van der Waals surface area contributed by atoms with E-state index in [0.717, 1.165) is 28.4 Å². The van der Waals surface area contributed by atoms with Crippen LogP contribution in [0.5, 0.6) is 0 Å². The molecule has 0 aromatic carbocycles. The van der Waals surface area contributed by atoms with Crippen molar-refractivity contribution in [2.45, 2.75) is 57.4 Å². The maximum atomic E-state index is 12.3. The quantitative estimate of drug-likeness (QED) is 0.397. The van der Waals surface area contributed by atoms with Gasteiger partial charge in [-0.25, -0.2) is 9.97 Å². The zero-order valence-corrected chi connectivity index (χ0v) is 19.6. The van der Waals surface area contributed by atoms with E-state index in [4.69, 9.17) is 11.6 Å². The number of carbonyl (C=O) groups excluding carboxylic acids is 1. The van der Waals surface area contributed by atoms with E-state index >= 15 is 0 Å². The van der Waals surface area contributed by atoms with Crippen molar-refractivity contribution in [3.63, 3.8) is 0 Å². The van der Waals surface area contributed by atoms with Gasteiger partial charge in [-0.1, -0.05) is 18.5 Å². The molecule has 0 aliphatic heterocycles. The van der Waals surface area contributed by atoms with Crippen molar-refractivity contribution in [2.24, 2.45) is 5.92 Å². The molecule has 3 aromatic rings. The highest BCUT2D eigenvalue weighted by atomic mass is 35.5. The summed E-state index contributed by atoms with van der Waals surface area (Å²) in [5.41, 5.74) is 2.14. The number of hydrogen-bond donors (Lipinski definition) is 4. The van der Waals surface area contributed by atoms with Crippen molar-refractivity contribution in [1.82, 2.24) is 19.9 Å². The van der Waals surface area contributed by atoms with Gasteiger partial charge >= 0.3 is 0 Å². The van der Waals surface area contributed by atoms with Crippen molar-refractivity contribution in [2.75, 3.05) is 11.9 Å². The van der Waals surface area contributed by atoms with Crippen molar-refractivity contribution in [3.05, 3.63) is 39.9 Å². The molecule has 1 aliphatic carbocycles. The minimum atomic E-state index is -1.13. The molecule has 10 heteroatoms. The van der Waals surface area contributed by atoms with Gasteiger partial charge in [0.2, 0.25) is 5.91 Å². The Balaban J connectivity index is 1.58. The number of hydrogen-bond acceptors (Lipinski definition) is 7. The molecular formula is C22H28ClN5O3S. The Kier molecular flexibility index (Phi) is 6.99. The Labute approximate surface area is 195 Å². The molecule has 0 bridgehead atoms. The second-order valence-corrected chi connectivity index (χ2v) is 9.52. The second kappa shape index (κ2) is 9.74. The third-order valence-electron chi connectivity index (χ3n) is 6.13. The van der Waals surface area contributed by atoms with Gasteiger partial charge in [-0.05, 0) is 37.3 Å². The van der Waals surface area contributed by atoms with E-state index in [-0.39, 0.29) is 11.9 Å². The lowest BCUT2D eigenvalue weighted by Crippen LogP contribution is -2.38. The highest BCUT2D eigenvalue weighted by molar-refractivity contribution is 7.10. The smallest absolute Gasteiger partial charge is 0.225 e. The standard InChI is InChI=1S/C22H28ClN5O3S/c1-3-12(9-17-14(23)6-8-32-17)27-15-5-7-25-21-18(15)26-11-28(21)16-10-13(19(29)20(16)30)22(31)24-4-2/h5-8,11-13,16,19-20,29-30H,3-4,9-10H2,1-2H3,(H,24,31)(H,25,27)/t12?,13-,16-,19+,20-/m0/s1. The number of aliphatic hydroxyl groups excluding tert-OH is 2. The van der Waals surface area contributed by atoms with E-state index < -0.39 is 24.2 Å². The number of amides is 1. The van der Waals surface area contributed by atoms with E-state index in [9.17, 15) is 15.0 Å². The van der Waals surface area contributed by atoms with Crippen molar-refractivity contribution < 1.29 is 15.0 Å². The van der Waals surface area contributed by atoms with Crippen molar-refractivity contribution in [1.29, 1.82) is 0 Å². The number of nitrogens with zero attached hydrogens (tertiary/aromatic N) is 3. The zero-order chi connectivity index (χ0) is 22.8. The molecule has 4 rings (SSSR count). The highest BCUT2D eigenvalue weighted by Gasteiger charge is 2.46. The number of imidazole rings is 1. The first-order valence-corrected chi connectivity index (χ1v) is 12.1. The van der Waals surface area contributed by atoms with Gasteiger partial charge in [-0.3, -0.25) is 4.79 Å². The topological polar surface area (TPSA) is 112 Å². The number of aliphatic hydroxyl groups is 2. The van der Waals surface area contributed by atoms with Crippen LogP contribution in [-0.2, 0) is 11.2 Å². The van der Waals surface area contributed by atoms with Gasteiger partial charge < -0.3 is 25.4 Å². The Morgan fingerprint density at radius 2 is 2.12 bits per heavy atom. The minimum absolute atomic E-state index is 0.169. The fourth-order valence-electron chi connectivity index (χ4n) is 4.36. The van der Waals surface area contributed by atoms with E-state index in [0.29, 0.717) is 24.1 Å². The average molecular weight is 478 g/mol. The molecule has 0 spiro atoms. The van der Waals surface area contributed by atoms with Gasteiger partial charge in [0.1, 0.15) is 11.6 Å². The molecular weight excluding hydrogens is 450 g/mol. The monoisotopic (exact) mass is 477 g/mol. The van der Waals surface area contributed by atoms with Crippen LogP contribution >= 0.6 is 22.9 Å². The van der Waals surface area contributed by atoms with Gasteiger partial charge in [0, 0.05) is 30.1 Å². The molecule has 1 fully saturated rings. The van der Waals surface area contributed by atoms with Crippen LogP contribution in [0.1, 0.15) is 37.6 Å². The summed E-state index contributed by atoms with van der Waals surface area (Å²) in [5, 5.41) is 30.2. The highest BCUT2D eigenvalue weighted by Crippen LogP contribution is 2.37. The van der Waals surface area contributed by atoms with Gasteiger partial charge in [0.15, 0.2) is 5.65 Å². The van der Waals surface area contributed by atoms with E-state index in [1.807, 2.05) is 24.4 Å². The van der Waals surface area contributed by atoms with Crippen LogP contribution in [0.2, 0.25) is 5.02 Å². The maximum Gasteiger partial charge on any atom is 0.225 e. The number of pyridine rings is 1. The molecule has 172 valence electrons. The Hall–Kier alpha value is -2.20.